The number of aryl methyl sites for hydroxylation is 1. The van der Waals surface area contributed by atoms with Crippen LogP contribution in [0.2, 0.25) is 0 Å². The molecule has 2 aromatic heterocycles. The van der Waals surface area contributed by atoms with Gasteiger partial charge in [0, 0.05) is 15.8 Å². The summed E-state index contributed by atoms with van der Waals surface area (Å²) < 4.78 is 5.74. The van der Waals surface area contributed by atoms with Gasteiger partial charge in [0.1, 0.15) is 5.69 Å². The Morgan fingerprint density at radius 3 is 2.64 bits per heavy atom. The highest BCUT2D eigenvalue weighted by atomic mass is 32.2. The van der Waals surface area contributed by atoms with Crippen LogP contribution in [0.5, 0.6) is 0 Å². The molecule has 2 heterocycles. The number of benzene rings is 2. The minimum Gasteiger partial charge on any atom is -0.409 e. The predicted molar refractivity (Wildman–Crippen MR) is 86.9 cm³/mol. The van der Waals surface area contributed by atoms with E-state index in [1.54, 1.807) is 0 Å². The van der Waals surface area contributed by atoms with E-state index in [0.29, 0.717) is 11.1 Å². The molecule has 0 fully saturated rings. The van der Waals surface area contributed by atoms with Crippen molar-refractivity contribution in [3.05, 3.63) is 60.2 Å². The molecule has 0 aliphatic heterocycles. The first-order valence-electron chi connectivity index (χ1n) is 6.94. The van der Waals surface area contributed by atoms with Crippen LogP contribution in [0.1, 0.15) is 5.56 Å². The zero-order chi connectivity index (χ0) is 14.9. The Bertz CT molecular complexity index is 891. The maximum Gasteiger partial charge on any atom is 0.281 e. The molecule has 108 valence electrons. The molecule has 0 atom stereocenters. The topological polar surface area (TPSA) is 54.7 Å². The largest absolute Gasteiger partial charge is 0.409 e. The van der Waals surface area contributed by atoms with Crippen molar-refractivity contribution in [2.24, 2.45) is 0 Å². The van der Waals surface area contributed by atoms with Gasteiger partial charge < -0.3 is 9.40 Å². The van der Waals surface area contributed by atoms with Gasteiger partial charge in [-0.05, 0) is 43.0 Å². The number of aromatic nitrogens is 3. The normalized spacial score (nSPS) is 11.1. The maximum absolute atomic E-state index is 5.74. The molecular weight excluding hydrogens is 294 g/mol. The maximum atomic E-state index is 5.74. The number of aromatic amines is 1. The van der Waals surface area contributed by atoms with Crippen LogP contribution in [-0.4, -0.2) is 15.2 Å². The molecule has 4 rings (SSSR count). The lowest BCUT2D eigenvalue weighted by Crippen LogP contribution is -1.76. The second-order valence-electron chi connectivity index (χ2n) is 5.06. The quantitative estimate of drug-likeness (QED) is 0.597. The van der Waals surface area contributed by atoms with Crippen LogP contribution in [0.3, 0.4) is 0 Å². The molecule has 22 heavy (non-hydrogen) atoms. The van der Waals surface area contributed by atoms with Crippen LogP contribution in [-0.2, 0) is 0 Å². The molecule has 0 saturated heterocycles. The van der Waals surface area contributed by atoms with Crippen LogP contribution in [0.15, 0.2) is 69.1 Å². The summed E-state index contributed by atoms with van der Waals surface area (Å²) in [6.07, 6.45) is 0. The smallest absolute Gasteiger partial charge is 0.281 e. The monoisotopic (exact) mass is 307 g/mol. The number of hydrogen-bond acceptors (Lipinski definition) is 4. The molecule has 5 heteroatoms. The zero-order valence-electron chi connectivity index (χ0n) is 11.9. The summed E-state index contributed by atoms with van der Waals surface area (Å²) in [7, 11) is 0. The van der Waals surface area contributed by atoms with Crippen LogP contribution >= 0.6 is 11.8 Å². The lowest BCUT2D eigenvalue weighted by molar-refractivity contribution is 0.465. The number of H-pyrrole nitrogens is 1. The highest BCUT2D eigenvalue weighted by Crippen LogP contribution is 2.30. The average Bonchev–Trinajstić information content (AvgIpc) is 3.15. The van der Waals surface area contributed by atoms with Gasteiger partial charge in [0.05, 0.1) is 0 Å². The molecule has 0 radical (unpaired) electrons. The van der Waals surface area contributed by atoms with Gasteiger partial charge in [-0.1, -0.05) is 35.9 Å². The number of para-hydroxylation sites is 1. The van der Waals surface area contributed by atoms with E-state index in [-0.39, 0.29) is 0 Å². The molecule has 2 aromatic carbocycles. The molecule has 4 aromatic rings. The van der Waals surface area contributed by atoms with Crippen molar-refractivity contribution in [2.75, 3.05) is 0 Å². The Morgan fingerprint density at radius 2 is 1.82 bits per heavy atom. The summed E-state index contributed by atoms with van der Waals surface area (Å²) >= 11 is 1.46. The van der Waals surface area contributed by atoms with Gasteiger partial charge in [0.15, 0.2) is 0 Å². The molecular formula is C17H13N3OS. The third-order valence-corrected chi connectivity index (χ3v) is 4.24. The number of nitrogens with zero attached hydrogens (tertiary/aromatic N) is 2. The lowest BCUT2D eigenvalue weighted by atomic mass is 10.2. The highest BCUT2D eigenvalue weighted by Gasteiger charge is 2.12. The fourth-order valence-electron chi connectivity index (χ4n) is 2.26. The van der Waals surface area contributed by atoms with Crippen LogP contribution < -0.4 is 0 Å². The lowest BCUT2D eigenvalue weighted by Gasteiger charge is -1.96. The minimum absolute atomic E-state index is 0.505. The summed E-state index contributed by atoms with van der Waals surface area (Å²) in [6, 6.07) is 18.3. The third kappa shape index (κ3) is 2.51. The Morgan fingerprint density at radius 1 is 1.00 bits per heavy atom. The summed E-state index contributed by atoms with van der Waals surface area (Å²) in [4.78, 5) is 4.37. The Kier molecular flexibility index (Phi) is 3.20. The van der Waals surface area contributed by atoms with Crippen LogP contribution in [0, 0.1) is 6.92 Å². The fourth-order valence-corrected chi connectivity index (χ4v) is 2.93. The van der Waals surface area contributed by atoms with E-state index in [0.717, 1.165) is 21.5 Å². The van der Waals surface area contributed by atoms with Crippen LogP contribution in [0.25, 0.3) is 22.5 Å². The van der Waals surface area contributed by atoms with E-state index in [2.05, 4.69) is 34.2 Å². The summed E-state index contributed by atoms with van der Waals surface area (Å²) in [6.45, 7) is 2.06. The van der Waals surface area contributed by atoms with Crippen molar-refractivity contribution in [3.8, 4) is 11.6 Å². The van der Waals surface area contributed by atoms with Crippen molar-refractivity contribution in [1.29, 1.82) is 0 Å². The number of rotatable bonds is 3. The van der Waals surface area contributed by atoms with Crippen molar-refractivity contribution in [3.63, 3.8) is 0 Å². The molecule has 0 bridgehead atoms. The predicted octanol–water partition coefficient (Wildman–Crippen LogP) is 4.68. The van der Waals surface area contributed by atoms with Crippen LogP contribution in [0.4, 0.5) is 0 Å². The van der Waals surface area contributed by atoms with Gasteiger partial charge in [-0.2, -0.15) is 0 Å². The SMILES string of the molecule is Cc1ccc(Sc2nnc(-c3cc4ccccc4[nH]3)o2)cc1. The summed E-state index contributed by atoms with van der Waals surface area (Å²) in [5, 5.41) is 9.90. The van der Waals surface area contributed by atoms with Gasteiger partial charge in [0.2, 0.25) is 0 Å². The molecule has 0 saturated carbocycles. The number of hydrogen-bond donors (Lipinski definition) is 1. The van der Waals surface area contributed by atoms with Crippen molar-refractivity contribution in [2.45, 2.75) is 17.0 Å². The fraction of sp³-hybridized carbons (Fsp3) is 0.0588. The van der Waals surface area contributed by atoms with E-state index in [1.165, 1.54) is 17.3 Å². The van der Waals surface area contributed by atoms with Crippen molar-refractivity contribution in [1.82, 2.24) is 15.2 Å². The Labute approximate surface area is 131 Å². The summed E-state index contributed by atoms with van der Waals surface area (Å²) in [5.41, 5.74) is 3.13. The minimum atomic E-state index is 0.505. The second kappa shape index (κ2) is 5.35. The molecule has 0 spiro atoms. The second-order valence-corrected chi connectivity index (χ2v) is 6.08. The third-order valence-electron chi connectivity index (χ3n) is 3.39. The van der Waals surface area contributed by atoms with Gasteiger partial charge in [-0.25, -0.2) is 0 Å². The first-order chi connectivity index (χ1) is 10.8. The molecule has 0 amide bonds. The highest BCUT2D eigenvalue weighted by molar-refractivity contribution is 7.99. The molecule has 0 aliphatic carbocycles. The number of nitrogens with one attached hydrogen (secondary N) is 1. The van der Waals surface area contributed by atoms with Gasteiger partial charge >= 0.3 is 0 Å². The standard InChI is InChI=1S/C17H13N3OS/c1-11-6-8-13(9-7-11)22-17-20-19-16(21-17)15-10-12-4-2-3-5-14(12)18-15/h2-10,18H,1H3. The van der Waals surface area contributed by atoms with Crippen molar-refractivity contribution >= 4 is 22.7 Å². The zero-order valence-corrected chi connectivity index (χ0v) is 12.7. The molecule has 1 N–H and O–H groups in total. The van der Waals surface area contributed by atoms with E-state index in [9.17, 15) is 0 Å². The first kappa shape index (κ1) is 13.2. The molecule has 0 unspecified atom stereocenters. The number of fused-ring (bicyclic) bond motifs is 1. The average molecular weight is 307 g/mol. The van der Waals surface area contributed by atoms with Crippen molar-refractivity contribution < 1.29 is 4.42 Å². The van der Waals surface area contributed by atoms with E-state index >= 15 is 0 Å². The molecule has 0 aliphatic rings. The van der Waals surface area contributed by atoms with Gasteiger partial charge in [-0.15, -0.1) is 10.2 Å². The molecule has 4 nitrogen and oxygen atoms in total. The van der Waals surface area contributed by atoms with E-state index in [4.69, 9.17) is 4.42 Å². The van der Waals surface area contributed by atoms with E-state index in [1.807, 2.05) is 42.5 Å². The Hall–Kier alpha value is -2.53. The Balaban J connectivity index is 1.61. The first-order valence-corrected chi connectivity index (χ1v) is 7.76. The van der Waals surface area contributed by atoms with Gasteiger partial charge in [-0.3, -0.25) is 0 Å². The summed E-state index contributed by atoms with van der Waals surface area (Å²) in [5.74, 6) is 0.505. The van der Waals surface area contributed by atoms with E-state index < -0.39 is 0 Å². The van der Waals surface area contributed by atoms with Gasteiger partial charge in [0.25, 0.3) is 11.1 Å².